The van der Waals surface area contributed by atoms with Crippen molar-refractivity contribution in [3.8, 4) is 5.75 Å². The quantitative estimate of drug-likeness (QED) is 0.855. The van der Waals surface area contributed by atoms with Gasteiger partial charge in [-0.2, -0.15) is 0 Å². The third-order valence-corrected chi connectivity index (χ3v) is 2.44. The molecule has 0 spiro atoms. The number of likely N-dealkylation sites (N-methyl/N-ethyl adjacent to an activating group) is 1. The average molecular weight is 303 g/mol. The molecule has 1 aromatic rings. The van der Waals surface area contributed by atoms with Crippen molar-refractivity contribution in [2.75, 3.05) is 25.9 Å². The van der Waals surface area contributed by atoms with E-state index in [1.54, 1.807) is 27.8 Å². The number of carbonyl (C=O) groups is 1. The molecule has 8 heteroatoms. The lowest BCUT2D eigenvalue weighted by Gasteiger charge is -2.24. The predicted molar refractivity (Wildman–Crippen MR) is 75.8 cm³/mol. The summed E-state index contributed by atoms with van der Waals surface area (Å²) in [6.45, 7) is 5.93. The number of hydrogen-bond acceptors (Lipinski definition) is 6. The van der Waals surface area contributed by atoms with Crippen LogP contribution in [0.2, 0.25) is 5.15 Å². The van der Waals surface area contributed by atoms with Crippen molar-refractivity contribution in [3.63, 3.8) is 0 Å². The summed E-state index contributed by atoms with van der Waals surface area (Å²) in [7, 11) is 1.61. The molecule has 1 rings (SSSR count). The van der Waals surface area contributed by atoms with E-state index in [0.717, 1.165) is 0 Å². The third kappa shape index (κ3) is 5.08. The van der Waals surface area contributed by atoms with Gasteiger partial charge in [-0.25, -0.2) is 14.8 Å². The van der Waals surface area contributed by atoms with Gasteiger partial charge >= 0.3 is 6.09 Å². The number of amides is 1. The molecule has 0 aliphatic heterocycles. The summed E-state index contributed by atoms with van der Waals surface area (Å²) in [6.07, 6.45) is 0.821. The average Bonchev–Trinajstić information content (AvgIpc) is 2.30. The molecule has 0 atom stereocenters. The molecule has 0 saturated carbocycles. The largest absolute Gasteiger partial charge is 0.485 e. The zero-order valence-electron chi connectivity index (χ0n) is 12.0. The van der Waals surface area contributed by atoms with E-state index >= 15 is 0 Å². The monoisotopic (exact) mass is 302 g/mol. The van der Waals surface area contributed by atoms with Crippen LogP contribution in [0.3, 0.4) is 0 Å². The van der Waals surface area contributed by atoms with Gasteiger partial charge in [0, 0.05) is 7.05 Å². The predicted octanol–water partition coefficient (Wildman–Crippen LogP) is 1.96. The molecular weight excluding hydrogens is 284 g/mol. The van der Waals surface area contributed by atoms with Crippen LogP contribution in [0.25, 0.3) is 0 Å². The number of rotatable bonds is 4. The van der Waals surface area contributed by atoms with Crippen molar-refractivity contribution in [1.29, 1.82) is 0 Å². The van der Waals surface area contributed by atoms with E-state index in [-0.39, 0.29) is 23.3 Å². The maximum absolute atomic E-state index is 11.7. The molecule has 7 nitrogen and oxygen atoms in total. The smallest absolute Gasteiger partial charge is 0.410 e. The highest BCUT2D eigenvalue weighted by atomic mass is 35.5. The van der Waals surface area contributed by atoms with Gasteiger partial charge in [-0.1, -0.05) is 11.6 Å². The van der Waals surface area contributed by atoms with Crippen LogP contribution in [-0.4, -0.2) is 46.8 Å². The summed E-state index contributed by atoms with van der Waals surface area (Å²) in [5.41, 5.74) is 5.08. The summed E-state index contributed by atoms with van der Waals surface area (Å²) >= 11 is 5.83. The fourth-order valence-corrected chi connectivity index (χ4v) is 1.41. The number of nitrogens with two attached hydrogens (primary N) is 1. The number of aromatic nitrogens is 2. The lowest BCUT2D eigenvalue weighted by molar-refractivity contribution is 0.0278. The highest BCUT2D eigenvalue weighted by molar-refractivity contribution is 6.31. The minimum absolute atomic E-state index is 0.137. The Morgan fingerprint density at radius 3 is 2.65 bits per heavy atom. The molecule has 112 valence electrons. The van der Waals surface area contributed by atoms with Gasteiger partial charge in [0.15, 0.2) is 16.7 Å². The van der Waals surface area contributed by atoms with Crippen LogP contribution in [0.4, 0.5) is 10.6 Å². The molecular formula is C12H19ClN4O3. The van der Waals surface area contributed by atoms with Gasteiger partial charge < -0.3 is 20.1 Å². The van der Waals surface area contributed by atoms with Gasteiger partial charge in [0.1, 0.15) is 18.5 Å². The summed E-state index contributed by atoms with van der Waals surface area (Å²) in [4.78, 5) is 20.6. The van der Waals surface area contributed by atoms with Crippen molar-refractivity contribution >= 4 is 23.5 Å². The first-order valence-electron chi connectivity index (χ1n) is 6.03. The lowest BCUT2D eigenvalue weighted by atomic mass is 10.2. The molecule has 0 aliphatic carbocycles. The van der Waals surface area contributed by atoms with E-state index in [9.17, 15) is 4.79 Å². The van der Waals surface area contributed by atoms with Crippen LogP contribution in [0.5, 0.6) is 5.75 Å². The number of nitrogen functional groups attached to an aromatic ring is 1. The first-order chi connectivity index (χ1) is 9.20. The van der Waals surface area contributed by atoms with E-state index in [0.29, 0.717) is 6.54 Å². The summed E-state index contributed by atoms with van der Waals surface area (Å²) < 4.78 is 10.6. The van der Waals surface area contributed by atoms with Crippen molar-refractivity contribution in [2.45, 2.75) is 26.4 Å². The fraction of sp³-hybridized carbons (Fsp3) is 0.583. The Morgan fingerprint density at radius 1 is 1.45 bits per heavy atom. The topological polar surface area (TPSA) is 90.6 Å². The number of hydrogen-bond donors (Lipinski definition) is 1. The lowest BCUT2D eigenvalue weighted by Crippen LogP contribution is -2.36. The number of anilines is 1. The van der Waals surface area contributed by atoms with Crippen LogP contribution in [-0.2, 0) is 4.74 Å². The minimum atomic E-state index is -0.535. The van der Waals surface area contributed by atoms with E-state index in [2.05, 4.69) is 9.97 Å². The third-order valence-electron chi connectivity index (χ3n) is 2.17. The Bertz CT molecular complexity index is 456. The van der Waals surface area contributed by atoms with Gasteiger partial charge in [0.05, 0.1) is 6.54 Å². The van der Waals surface area contributed by atoms with Crippen molar-refractivity contribution < 1.29 is 14.3 Å². The highest BCUT2D eigenvalue weighted by Gasteiger charge is 2.19. The van der Waals surface area contributed by atoms with E-state index in [4.69, 9.17) is 26.8 Å². The second-order valence-electron chi connectivity index (χ2n) is 5.13. The molecule has 0 fully saturated rings. The zero-order valence-corrected chi connectivity index (χ0v) is 12.8. The molecule has 20 heavy (non-hydrogen) atoms. The Balaban J connectivity index is 2.46. The summed E-state index contributed by atoms with van der Waals surface area (Å²) in [6, 6.07) is 0. The Labute approximate surface area is 123 Å². The van der Waals surface area contributed by atoms with E-state index < -0.39 is 11.7 Å². The maximum Gasteiger partial charge on any atom is 0.410 e. The normalized spacial score (nSPS) is 11.1. The number of carbonyl (C=O) groups excluding carboxylic acids is 1. The first-order valence-corrected chi connectivity index (χ1v) is 6.41. The number of halogens is 1. The molecule has 0 bridgehead atoms. The molecule has 0 saturated heterocycles. The van der Waals surface area contributed by atoms with E-state index in [1.165, 1.54) is 11.2 Å². The van der Waals surface area contributed by atoms with Crippen molar-refractivity contribution in [3.05, 3.63) is 11.5 Å². The van der Waals surface area contributed by atoms with Crippen molar-refractivity contribution in [1.82, 2.24) is 14.9 Å². The molecule has 1 aromatic heterocycles. The fourth-order valence-electron chi connectivity index (χ4n) is 1.21. The van der Waals surface area contributed by atoms with Crippen LogP contribution < -0.4 is 10.5 Å². The second-order valence-corrected chi connectivity index (χ2v) is 5.49. The van der Waals surface area contributed by atoms with Gasteiger partial charge in [-0.15, -0.1) is 0 Å². The summed E-state index contributed by atoms with van der Waals surface area (Å²) in [5.74, 6) is 0.372. The summed E-state index contributed by atoms with van der Waals surface area (Å²) in [5, 5.41) is 0.137. The van der Waals surface area contributed by atoms with Crippen LogP contribution in [0, 0.1) is 0 Å². The van der Waals surface area contributed by atoms with Gasteiger partial charge in [-0.3, -0.25) is 0 Å². The number of ether oxygens (including phenoxy) is 2. The minimum Gasteiger partial charge on any atom is -0.485 e. The van der Waals surface area contributed by atoms with Crippen LogP contribution in [0.15, 0.2) is 6.33 Å². The Kier molecular flexibility index (Phi) is 5.38. The van der Waals surface area contributed by atoms with Crippen LogP contribution >= 0.6 is 11.6 Å². The van der Waals surface area contributed by atoms with Gasteiger partial charge in [-0.05, 0) is 20.8 Å². The Hall–Kier alpha value is -1.76. The second kappa shape index (κ2) is 6.60. The van der Waals surface area contributed by atoms with Crippen molar-refractivity contribution in [2.24, 2.45) is 0 Å². The molecule has 2 N–H and O–H groups in total. The number of nitrogens with zero attached hydrogens (tertiary/aromatic N) is 3. The molecule has 0 aliphatic rings. The van der Waals surface area contributed by atoms with Crippen LogP contribution in [0.1, 0.15) is 20.8 Å². The highest BCUT2D eigenvalue weighted by Crippen LogP contribution is 2.26. The molecule has 0 aromatic carbocycles. The van der Waals surface area contributed by atoms with Gasteiger partial charge in [0.2, 0.25) is 0 Å². The molecule has 0 unspecified atom stereocenters. The standard InChI is InChI=1S/C12H19ClN4O3/c1-12(2,3)20-11(18)17(4)5-6-19-8-9(13)15-7-16-10(8)14/h7H,5-6H2,1-4H3,(H2,14,15,16). The van der Waals surface area contributed by atoms with Gasteiger partial charge in [0.25, 0.3) is 0 Å². The molecule has 1 amide bonds. The maximum atomic E-state index is 11.7. The zero-order chi connectivity index (χ0) is 15.3. The molecule has 1 heterocycles. The first kappa shape index (κ1) is 16.3. The molecule has 0 radical (unpaired) electrons. The SMILES string of the molecule is CN(CCOc1c(N)ncnc1Cl)C(=O)OC(C)(C)C. The van der Waals surface area contributed by atoms with E-state index in [1.807, 2.05) is 0 Å². The Morgan fingerprint density at radius 2 is 2.10 bits per heavy atom.